The molecule has 2 nitrogen and oxygen atoms in total. The monoisotopic (exact) mass is 334 g/mol. The van der Waals surface area contributed by atoms with Gasteiger partial charge in [0.25, 0.3) is 0 Å². The van der Waals surface area contributed by atoms with Crippen LogP contribution in [0.15, 0.2) is 49.6 Å². The van der Waals surface area contributed by atoms with Crippen molar-refractivity contribution in [1.82, 2.24) is 0 Å². The largest absolute Gasteiger partial charge is 0.481 e. The fourth-order valence-electron chi connectivity index (χ4n) is 2.09. The molecule has 24 heavy (non-hydrogen) atoms. The lowest BCUT2D eigenvalue weighted by Crippen LogP contribution is -1.93. The molecule has 0 atom stereocenters. The van der Waals surface area contributed by atoms with Crippen LogP contribution in [0.3, 0.4) is 0 Å². The van der Waals surface area contributed by atoms with Gasteiger partial charge in [-0.15, -0.1) is 0 Å². The van der Waals surface area contributed by atoms with Crippen molar-refractivity contribution in [2.45, 2.75) is 84.0 Å². The Kier molecular flexibility index (Phi) is 24.4. The van der Waals surface area contributed by atoms with Gasteiger partial charge in [-0.25, -0.2) is 0 Å². The fraction of sp³-hybridized carbons (Fsp3) is 0.591. The molecule has 0 unspecified atom stereocenters. The maximum absolute atomic E-state index is 10.3. The van der Waals surface area contributed by atoms with E-state index in [1.807, 2.05) is 0 Å². The van der Waals surface area contributed by atoms with Gasteiger partial charge >= 0.3 is 5.97 Å². The number of rotatable bonds is 15. The second-order valence-electron chi connectivity index (χ2n) is 5.85. The molecule has 0 spiro atoms. The molecule has 2 heteroatoms. The molecule has 0 aliphatic heterocycles. The van der Waals surface area contributed by atoms with Crippen LogP contribution in [0.2, 0.25) is 0 Å². The van der Waals surface area contributed by atoms with Gasteiger partial charge in [0.05, 0.1) is 0 Å². The van der Waals surface area contributed by atoms with Gasteiger partial charge in [0.1, 0.15) is 0 Å². The molecule has 138 valence electrons. The first kappa shape index (κ1) is 24.7. The molecule has 0 saturated carbocycles. The summed E-state index contributed by atoms with van der Waals surface area (Å²) in [5.74, 6) is -0.671. The Labute approximate surface area is 150 Å². The number of carboxylic acids is 1. The second-order valence-corrected chi connectivity index (χ2v) is 5.85. The van der Waals surface area contributed by atoms with Crippen molar-refractivity contribution >= 4 is 5.97 Å². The molecule has 0 rings (SSSR count). The minimum absolute atomic E-state index is 0.324. The first-order valence-electron chi connectivity index (χ1n) is 9.44. The van der Waals surface area contributed by atoms with Crippen molar-refractivity contribution in [3.63, 3.8) is 0 Å². The molecule has 0 aliphatic carbocycles. The Morgan fingerprint density at radius 1 is 0.792 bits per heavy atom. The molecule has 0 aromatic carbocycles. The lowest BCUT2D eigenvalue weighted by atomic mass is 10.1. The van der Waals surface area contributed by atoms with E-state index in [1.165, 1.54) is 44.9 Å². The highest BCUT2D eigenvalue weighted by atomic mass is 16.4. The van der Waals surface area contributed by atoms with E-state index >= 15 is 0 Å². The predicted octanol–water partition coefficient (Wildman–Crippen LogP) is 7.24. The summed E-state index contributed by atoms with van der Waals surface area (Å²) in [7, 11) is 0. The zero-order valence-electron chi connectivity index (χ0n) is 15.7. The van der Waals surface area contributed by atoms with E-state index in [9.17, 15) is 4.79 Å². The summed E-state index contributed by atoms with van der Waals surface area (Å²) in [5.41, 5.74) is 0. The Balaban J connectivity index is 0. The summed E-state index contributed by atoms with van der Waals surface area (Å²) in [6, 6.07) is 0. The maximum atomic E-state index is 10.3. The van der Waals surface area contributed by atoms with Crippen LogP contribution in [-0.4, -0.2) is 11.1 Å². The maximum Gasteiger partial charge on any atom is 0.303 e. The van der Waals surface area contributed by atoms with E-state index in [4.69, 9.17) is 5.11 Å². The molecule has 0 aliphatic rings. The number of hydrogen-bond acceptors (Lipinski definition) is 1. The average molecular weight is 335 g/mol. The zero-order valence-corrected chi connectivity index (χ0v) is 15.7. The van der Waals surface area contributed by atoms with Crippen molar-refractivity contribution in [3.8, 4) is 0 Å². The Morgan fingerprint density at radius 3 is 1.79 bits per heavy atom. The van der Waals surface area contributed by atoms with Crippen LogP contribution in [0, 0.1) is 0 Å². The van der Waals surface area contributed by atoms with Crippen LogP contribution in [0.25, 0.3) is 0 Å². The lowest BCUT2D eigenvalue weighted by Gasteiger charge is -1.98. The molecular weight excluding hydrogens is 296 g/mol. The van der Waals surface area contributed by atoms with E-state index in [0.717, 1.165) is 25.7 Å². The van der Waals surface area contributed by atoms with E-state index in [-0.39, 0.29) is 0 Å². The van der Waals surface area contributed by atoms with Crippen LogP contribution < -0.4 is 0 Å². The van der Waals surface area contributed by atoms with Crippen molar-refractivity contribution in [2.24, 2.45) is 0 Å². The van der Waals surface area contributed by atoms with Gasteiger partial charge in [0, 0.05) is 6.42 Å². The average Bonchev–Trinajstić information content (AvgIpc) is 2.58. The van der Waals surface area contributed by atoms with E-state index in [1.54, 1.807) is 12.2 Å². The summed E-state index contributed by atoms with van der Waals surface area (Å²) < 4.78 is 0. The van der Waals surface area contributed by atoms with Crippen molar-refractivity contribution in [1.29, 1.82) is 0 Å². The Hall–Kier alpha value is -1.57. The Bertz CT molecular complexity index is 334. The fourth-order valence-corrected chi connectivity index (χ4v) is 2.09. The standard InChI is InChI=1S/C18H32O2.C4H6/c1-2-3-4-5-6-7-8-9-10-11-12-13-14-15-16-17-18(19)20;1-3-4-2/h6-7,9-10H,2-5,8,11-17H2,1H3,(H,19,20);3-4H,1-2H2/b7-6-,10-9-;. The minimum atomic E-state index is -0.671. The number of allylic oxidation sites excluding steroid dienone is 6. The molecule has 0 aromatic rings. The van der Waals surface area contributed by atoms with E-state index in [2.05, 4.69) is 44.4 Å². The van der Waals surface area contributed by atoms with E-state index < -0.39 is 5.97 Å². The molecule has 0 radical (unpaired) electrons. The number of carbonyl (C=O) groups is 1. The number of carboxylic acid groups (broad SMARTS) is 1. The highest BCUT2D eigenvalue weighted by Gasteiger charge is 1.95. The van der Waals surface area contributed by atoms with Gasteiger partial charge in [-0.3, -0.25) is 4.79 Å². The summed E-state index contributed by atoms with van der Waals surface area (Å²) >= 11 is 0. The van der Waals surface area contributed by atoms with Crippen molar-refractivity contribution in [2.75, 3.05) is 0 Å². The predicted molar refractivity (Wildman–Crippen MR) is 107 cm³/mol. The third-order valence-electron chi connectivity index (χ3n) is 3.51. The summed E-state index contributed by atoms with van der Waals surface area (Å²) in [6.45, 7) is 8.96. The second kappa shape index (κ2) is 23.7. The summed E-state index contributed by atoms with van der Waals surface area (Å²) in [4.78, 5) is 10.3. The third kappa shape index (κ3) is 28.6. The molecule has 0 heterocycles. The van der Waals surface area contributed by atoms with Gasteiger partial charge in [0.15, 0.2) is 0 Å². The van der Waals surface area contributed by atoms with Crippen LogP contribution >= 0.6 is 0 Å². The van der Waals surface area contributed by atoms with Crippen LogP contribution in [0.4, 0.5) is 0 Å². The molecule has 0 fully saturated rings. The molecule has 0 amide bonds. The van der Waals surface area contributed by atoms with Gasteiger partial charge in [0.2, 0.25) is 0 Å². The smallest absolute Gasteiger partial charge is 0.303 e. The highest BCUT2D eigenvalue weighted by Crippen LogP contribution is 2.08. The van der Waals surface area contributed by atoms with Crippen molar-refractivity contribution in [3.05, 3.63) is 49.6 Å². The van der Waals surface area contributed by atoms with Crippen LogP contribution in [0.1, 0.15) is 84.0 Å². The number of hydrogen-bond donors (Lipinski definition) is 1. The minimum Gasteiger partial charge on any atom is -0.481 e. The quantitative estimate of drug-likeness (QED) is 0.195. The molecular formula is C22H38O2. The molecule has 0 aromatic heterocycles. The highest BCUT2D eigenvalue weighted by molar-refractivity contribution is 5.66. The van der Waals surface area contributed by atoms with E-state index in [0.29, 0.717) is 6.42 Å². The zero-order chi connectivity index (χ0) is 18.3. The van der Waals surface area contributed by atoms with Crippen LogP contribution in [-0.2, 0) is 4.79 Å². The van der Waals surface area contributed by atoms with Crippen LogP contribution in [0.5, 0.6) is 0 Å². The normalized spacial score (nSPS) is 10.5. The topological polar surface area (TPSA) is 37.3 Å². The van der Waals surface area contributed by atoms with Crippen molar-refractivity contribution < 1.29 is 9.90 Å². The molecule has 0 bridgehead atoms. The molecule has 1 N–H and O–H groups in total. The SMILES string of the molecule is C=CC=C.CCCCC/C=C\C/C=C\CCCCCCCC(=O)O. The third-order valence-corrected chi connectivity index (χ3v) is 3.51. The van der Waals surface area contributed by atoms with Gasteiger partial charge < -0.3 is 5.11 Å². The number of aliphatic carboxylic acids is 1. The summed E-state index contributed by atoms with van der Waals surface area (Å²) in [6.07, 6.45) is 25.6. The molecule has 0 saturated heterocycles. The first-order chi connectivity index (χ1) is 11.7. The summed E-state index contributed by atoms with van der Waals surface area (Å²) in [5, 5.41) is 8.50. The number of unbranched alkanes of at least 4 members (excludes halogenated alkanes) is 8. The van der Waals surface area contributed by atoms with Gasteiger partial charge in [-0.2, -0.15) is 0 Å². The van der Waals surface area contributed by atoms with Gasteiger partial charge in [-0.05, 0) is 38.5 Å². The first-order valence-corrected chi connectivity index (χ1v) is 9.44. The Morgan fingerprint density at radius 2 is 1.29 bits per heavy atom. The lowest BCUT2D eigenvalue weighted by molar-refractivity contribution is -0.137. The van der Waals surface area contributed by atoms with Gasteiger partial charge in [-0.1, -0.05) is 88.6 Å².